The molecule has 1 N–H and O–H groups in total. The van der Waals surface area contributed by atoms with Gasteiger partial charge in [0.2, 0.25) is 5.91 Å². The molecule has 3 aromatic rings. The molecule has 1 amide bonds. The van der Waals surface area contributed by atoms with Crippen LogP contribution in [0.5, 0.6) is 0 Å². The quantitative estimate of drug-likeness (QED) is 0.802. The average Bonchev–Trinajstić information content (AvgIpc) is 3.11. The Labute approximate surface area is 133 Å². The molecule has 3 heterocycles. The number of methoxy groups -OCH3 is 1. The molecule has 6 nitrogen and oxygen atoms in total. The van der Waals surface area contributed by atoms with Gasteiger partial charge < -0.3 is 14.6 Å². The topological polar surface area (TPSA) is 71.1 Å². The van der Waals surface area contributed by atoms with Crippen molar-refractivity contribution in [2.24, 2.45) is 0 Å². The van der Waals surface area contributed by atoms with Gasteiger partial charge in [0.05, 0.1) is 24.1 Å². The number of carbonyl (C=O) groups excluding carboxylic acids is 1. The molecule has 2 aromatic heterocycles. The first-order valence-electron chi connectivity index (χ1n) is 7.48. The molecule has 0 saturated carbocycles. The smallest absolute Gasteiger partial charge is 0.231 e. The van der Waals surface area contributed by atoms with E-state index in [1.807, 2.05) is 24.3 Å². The van der Waals surface area contributed by atoms with E-state index < -0.39 is 0 Å². The summed E-state index contributed by atoms with van der Waals surface area (Å²) in [6, 6.07) is 7.84. The van der Waals surface area contributed by atoms with Crippen LogP contribution in [0.15, 0.2) is 36.7 Å². The van der Waals surface area contributed by atoms with Crippen LogP contribution in [-0.2, 0) is 16.0 Å². The van der Waals surface area contributed by atoms with Crippen LogP contribution in [0.4, 0.5) is 5.69 Å². The summed E-state index contributed by atoms with van der Waals surface area (Å²) in [7, 11) is 1.64. The molecular formula is C17H16N4O2. The maximum Gasteiger partial charge on any atom is 0.231 e. The van der Waals surface area contributed by atoms with E-state index in [0.29, 0.717) is 19.6 Å². The fourth-order valence-corrected chi connectivity index (χ4v) is 2.94. The standard InChI is InChI=1S/C17H16N4O2/c1-23-6-5-21-15-9-14-13(7-12(15)8-16(21)22)19-17(20-14)11-3-2-4-18-10-11/h2-4,7,9-10H,5-6,8H2,1H3,(H,19,20). The van der Waals surface area contributed by atoms with Gasteiger partial charge in [-0.25, -0.2) is 4.98 Å². The normalized spacial score (nSPS) is 13.8. The van der Waals surface area contributed by atoms with E-state index in [2.05, 4.69) is 15.0 Å². The largest absolute Gasteiger partial charge is 0.383 e. The first kappa shape index (κ1) is 13.9. The zero-order valence-corrected chi connectivity index (χ0v) is 12.7. The van der Waals surface area contributed by atoms with Crippen molar-refractivity contribution in [3.63, 3.8) is 0 Å². The van der Waals surface area contributed by atoms with Crippen LogP contribution < -0.4 is 4.90 Å². The van der Waals surface area contributed by atoms with Gasteiger partial charge in [0, 0.05) is 37.3 Å². The molecule has 0 atom stereocenters. The first-order valence-corrected chi connectivity index (χ1v) is 7.48. The van der Waals surface area contributed by atoms with Gasteiger partial charge in [-0.3, -0.25) is 9.78 Å². The van der Waals surface area contributed by atoms with Crippen molar-refractivity contribution in [2.45, 2.75) is 6.42 Å². The number of pyridine rings is 1. The maximum atomic E-state index is 12.2. The highest BCUT2D eigenvalue weighted by molar-refractivity contribution is 6.04. The van der Waals surface area contributed by atoms with Gasteiger partial charge in [-0.1, -0.05) is 0 Å². The molecule has 6 heteroatoms. The molecule has 1 aromatic carbocycles. The number of rotatable bonds is 4. The summed E-state index contributed by atoms with van der Waals surface area (Å²) in [5.74, 6) is 0.892. The zero-order chi connectivity index (χ0) is 15.8. The predicted octanol–water partition coefficient (Wildman–Crippen LogP) is 2.16. The first-order chi connectivity index (χ1) is 11.3. The summed E-state index contributed by atoms with van der Waals surface area (Å²) in [5.41, 5.74) is 4.68. The molecular weight excluding hydrogens is 292 g/mol. The van der Waals surface area contributed by atoms with Crippen LogP contribution in [0, 0.1) is 0 Å². The van der Waals surface area contributed by atoms with Crippen LogP contribution in [0.1, 0.15) is 5.56 Å². The molecule has 0 saturated heterocycles. The molecule has 23 heavy (non-hydrogen) atoms. The van der Waals surface area contributed by atoms with E-state index >= 15 is 0 Å². The summed E-state index contributed by atoms with van der Waals surface area (Å²) in [6.07, 6.45) is 3.94. The molecule has 0 aliphatic carbocycles. The van der Waals surface area contributed by atoms with E-state index in [1.165, 1.54) is 0 Å². The Morgan fingerprint density at radius 1 is 1.39 bits per heavy atom. The molecule has 1 aliphatic heterocycles. The lowest BCUT2D eigenvalue weighted by molar-refractivity contribution is -0.117. The van der Waals surface area contributed by atoms with E-state index in [0.717, 1.165) is 33.7 Å². The number of benzene rings is 1. The number of aromatic nitrogens is 3. The summed E-state index contributed by atoms with van der Waals surface area (Å²) >= 11 is 0. The molecule has 0 spiro atoms. The summed E-state index contributed by atoms with van der Waals surface area (Å²) < 4.78 is 5.09. The molecule has 0 radical (unpaired) electrons. The number of aromatic amines is 1. The van der Waals surface area contributed by atoms with E-state index in [4.69, 9.17) is 4.74 Å². The predicted molar refractivity (Wildman–Crippen MR) is 87.3 cm³/mol. The molecule has 0 fully saturated rings. The fraction of sp³-hybridized carbons (Fsp3) is 0.235. The Balaban J connectivity index is 1.76. The second kappa shape index (κ2) is 5.48. The van der Waals surface area contributed by atoms with Crippen molar-refractivity contribution in [3.8, 4) is 11.4 Å². The van der Waals surface area contributed by atoms with Crippen molar-refractivity contribution >= 4 is 22.6 Å². The highest BCUT2D eigenvalue weighted by Crippen LogP contribution is 2.33. The molecule has 116 valence electrons. The molecule has 4 rings (SSSR count). The van der Waals surface area contributed by atoms with Crippen molar-refractivity contribution in [1.82, 2.24) is 15.0 Å². The highest BCUT2D eigenvalue weighted by atomic mass is 16.5. The second-order valence-electron chi connectivity index (χ2n) is 5.54. The van der Waals surface area contributed by atoms with Crippen LogP contribution >= 0.6 is 0 Å². The lowest BCUT2D eigenvalue weighted by Gasteiger charge is -2.16. The minimum absolute atomic E-state index is 0.109. The number of amides is 1. The van der Waals surface area contributed by atoms with Crippen molar-refractivity contribution in [2.75, 3.05) is 25.2 Å². The molecule has 1 aliphatic rings. The molecule has 0 unspecified atom stereocenters. The minimum atomic E-state index is 0.109. The van der Waals surface area contributed by atoms with Crippen molar-refractivity contribution in [1.29, 1.82) is 0 Å². The van der Waals surface area contributed by atoms with E-state index in [1.54, 1.807) is 24.4 Å². The third kappa shape index (κ3) is 2.37. The number of H-pyrrole nitrogens is 1. The summed E-state index contributed by atoms with van der Waals surface area (Å²) in [5, 5.41) is 0. The number of imidazole rings is 1. The number of nitrogens with zero attached hydrogens (tertiary/aromatic N) is 3. The van der Waals surface area contributed by atoms with Gasteiger partial charge in [-0.2, -0.15) is 0 Å². The second-order valence-corrected chi connectivity index (χ2v) is 5.54. The highest BCUT2D eigenvalue weighted by Gasteiger charge is 2.28. The Morgan fingerprint density at radius 3 is 3.09 bits per heavy atom. The van der Waals surface area contributed by atoms with Gasteiger partial charge in [0.25, 0.3) is 0 Å². The maximum absolute atomic E-state index is 12.2. The van der Waals surface area contributed by atoms with Crippen molar-refractivity contribution in [3.05, 3.63) is 42.2 Å². The Bertz CT molecular complexity index is 873. The van der Waals surface area contributed by atoms with Crippen LogP contribution in [0.3, 0.4) is 0 Å². The van der Waals surface area contributed by atoms with Crippen LogP contribution in [0.25, 0.3) is 22.4 Å². The number of nitrogens with one attached hydrogen (secondary N) is 1. The third-order valence-electron chi connectivity index (χ3n) is 4.07. The Morgan fingerprint density at radius 2 is 2.30 bits per heavy atom. The van der Waals surface area contributed by atoms with Gasteiger partial charge >= 0.3 is 0 Å². The SMILES string of the molecule is COCCN1C(=O)Cc2cc3[nH]c(-c4cccnc4)nc3cc21. The Kier molecular flexibility index (Phi) is 3.31. The average molecular weight is 308 g/mol. The number of hydrogen-bond donors (Lipinski definition) is 1. The number of hydrogen-bond acceptors (Lipinski definition) is 4. The third-order valence-corrected chi connectivity index (χ3v) is 4.07. The number of ether oxygens (including phenoxy) is 1. The van der Waals surface area contributed by atoms with E-state index in [9.17, 15) is 4.79 Å². The monoisotopic (exact) mass is 308 g/mol. The number of anilines is 1. The molecule has 0 bridgehead atoms. The van der Waals surface area contributed by atoms with Gasteiger partial charge in [0.1, 0.15) is 5.82 Å². The Hall–Kier alpha value is -2.73. The summed E-state index contributed by atoms with van der Waals surface area (Å²) in [6.45, 7) is 1.08. The summed E-state index contributed by atoms with van der Waals surface area (Å²) in [4.78, 5) is 26.0. The van der Waals surface area contributed by atoms with Crippen molar-refractivity contribution < 1.29 is 9.53 Å². The van der Waals surface area contributed by atoms with Crippen LogP contribution in [-0.4, -0.2) is 41.1 Å². The number of carbonyl (C=O) groups is 1. The fourth-order valence-electron chi connectivity index (χ4n) is 2.94. The van der Waals surface area contributed by atoms with Gasteiger partial charge in [-0.15, -0.1) is 0 Å². The lowest BCUT2D eigenvalue weighted by atomic mass is 10.1. The van der Waals surface area contributed by atoms with Crippen LogP contribution in [0.2, 0.25) is 0 Å². The number of fused-ring (bicyclic) bond motifs is 2. The minimum Gasteiger partial charge on any atom is -0.383 e. The van der Waals surface area contributed by atoms with Gasteiger partial charge in [-0.05, 0) is 29.8 Å². The van der Waals surface area contributed by atoms with Gasteiger partial charge in [0.15, 0.2) is 0 Å². The van der Waals surface area contributed by atoms with E-state index in [-0.39, 0.29) is 5.91 Å². The lowest BCUT2D eigenvalue weighted by Crippen LogP contribution is -2.30. The zero-order valence-electron chi connectivity index (χ0n) is 12.7.